The summed E-state index contributed by atoms with van der Waals surface area (Å²) in [6, 6.07) is 22.0. The number of ether oxygens (including phenoxy) is 1. The van der Waals surface area contributed by atoms with Crippen LogP contribution in [0.25, 0.3) is 0 Å². The summed E-state index contributed by atoms with van der Waals surface area (Å²) in [4.78, 5) is 16.5. The minimum Gasteiger partial charge on any atom is -0.497 e. The van der Waals surface area contributed by atoms with Gasteiger partial charge < -0.3 is 15.4 Å². The summed E-state index contributed by atoms with van der Waals surface area (Å²) in [6.45, 7) is 1.43. The van der Waals surface area contributed by atoms with Gasteiger partial charge in [-0.15, -0.1) is 0 Å². The molecule has 29 heavy (non-hydrogen) atoms. The molecule has 0 aliphatic heterocycles. The van der Waals surface area contributed by atoms with E-state index in [0.717, 1.165) is 37.2 Å². The number of pyridine rings is 1. The molecule has 0 unspecified atom stereocenters. The lowest BCUT2D eigenvalue weighted by Crippen LogP contribution is -2.25. The molecule has 5 nitrogen and oxygen atoms in total. The Morgan fingerprint density at radius 2 is 1.66 bits per heavy atom. The second kappa shape index (κ2) is 10.9. The van der Waals surface area contributed by atoms with Crippen LogP contribution in [-0.2, 0) is 12.8 Å². The van der Waals surface area contributed by atoms with Crippen LogP contribution in [0.15, 0.2) is 72.9 Å². The number of benzene rings is 2. The topological polar surface area (TPSA) is 63.2 Å². The van der Waals surface area contributed by atoms with Gasteiger partial charge in [-0.25, -0.2) is 4.98 Å². The van der Waals surface area contributed by atoms with Crippen molar-refractivity contribution >= 4 is 11.6 Å². The molecule has 0 fully saturated rings. The normalized spacial score (nSPS) is 10.4. The Morgan fingerprint density at radius 3 is 2.34 bits per heavy atom. The van der Waals surface area contributed by atoms with E-state index >= 15 is 0 Å². The van der Waals surface area contributed by atoms with E-state index in [2.05, 4.69) is 39.9 Å². The van der Waals surface area contributed by atoms with Gasteiger partial charge in [-0.05, 0) is 54.7 Å². The minimum atomic E-state index is -0.136. The van der Waals surface area contributed by atoms with Gasteiger partial charge in [-0.3, -0.25) is 4.79 Å². The van der Waals surface area contributed by atoms with Gasteiger partial charge in [0.1, 0.15) is 11.4 Å². The molecule has 5 heteroatoms. The van der Waals surface area contributed by atoms with Gasteiger partial charge in [0.25, 0.3) is 5.91 Å². The van der Waals surface area contributed by atoms with E-state index in [9.17, 15) is 4.79 Å². The second-order valence-corrected chi connectivity index (χ2v) is 6.80. The molecule has 2 N–H and O–H groups in total. The molecule has 2 aromatic carbocycles. The number of methoxy groups -OCH3 is 1. The molecule has 0 atom stereocenters. The van der Waals surface area contributed by atoms with E-state index in [4.69, 9.17) is 4.74 Å². The molecule has 0 aliphatic rings. The zero-order valence-electron chi connectivity index (χ0n) is 16.7. The molecule has 0 radical (unpaired) electrons. The van der Waals surface area contributed by atoms with Crippen molar-refractivity contribution in [3.8, 4) is 5.75 Å². The molecule has 0 aliphatic carbocycles. The van der Waals surface area contributed by atoms with Crippen LogP contribution in [0.2, 0.25) is 0 Å². The number of anilines is 1. The van der Waals surface area contributed by atoms with Crippen molar-refractivity contribution in [2.45, 2.75) is 19.3 Å². The highest BCUT2D eigenvalue weighted by molar-refractivity contribution is 5.92. The monoisotopic (exact) mass is 389 g/mol. The number of carbonyl (C=O) groups excluding carboxylic acids is 1. The van der Waals surface area contributed by atoms with E-state index in [0.29, 0.717) is 12.2 Å². The van der Waals surface area contributed by atoms with Crippen molar-refractivity contribution in [3.63, 3.8) is 0 Å². The number of amides is 1. The number of aromatic nitrogens is 1. The molecule has 0 saturated carbocycles. The molecule has 1 heterocycles. The molecule has 150 valence electrons. The summed E-state index contributed by atoms with van der Waals surface area (Å²) < 4.78 is 5.17. The summed E-state index contributed by atoms with van der Waals surface area (Å²) in [5.41, 5.74) is 3.85. The Balaban J connectivity index is 1.37. The van der Waals surface area contributed by atoms with Gasteiger partial charge in [0.2, 0.25) is 0 Å². The molecular weight excluding hydrogens is 362 g/mol. The maximum atomic E-state index is 12.2. The summed E-state index contributed by atoms with van der Waals surface area (Å²) in [5.74, 6) is 0.725. The maximum absolute atomic E-state index is 12.2. The fourth-order valence-corrected chi connectivity index (χ4v) is 3.01. The van der Waals surface area contributed by atoms with E-state index in [1.807, 2.05) is 36.4 Å². The highest BCUT2D eigenvalue weighted by Crippen LogP contribution is 2.12. The first-order valence-electron chi connectivity index (χ1n) is 9.89. The highest BCUT2D eigenvalue weighted by Gasteiger charge is 2.06. The van der Waals surface area contributed by atoms with Gasteiger partial charge in [0.05, 0.1) is 19.0 Å². The number of aryl methyl sites for hydroxylation is 1. The van der Waals surface area contributed by atoms with E-state index in [1.165, 1.54) is 11.1 Å². The van der Waals surface area contributed by atoms with Crippen LogP contribution < -0.4 is 15.4 Å². The van der Waals surface area contributed by atoms with Crippen LogP contribution in [0.1, 0.15) is 28.0 Å². The minimum absolute atomic E-state index is 0.136. The van der Waals surface area contributed by atoms with E-state index in [-0.39, 0.29) is 5.91 Å². The SMILES string of the molecule is COc1ccc(CCNc2ccc(C(=O)NCCCc3ccccc3)nc2)cc1. The maximum Gasteiger partial charge on any atom is 0.269 e. The Bertz CT molecular complexity index is 878. The zero-order valence-corrected chi connectivity index (χ0v) is 16.7. The first kappa shape index (κ1) is 20.4. The summed E-state index contributed by atoms with van der Waals surface area (Å²) in [6.07, 6.45) is 4.45. The van der Waals surface area contributed by atoms with Crippen LogP contribution in [0.5, 0.6) is 5.75 Å². The predicted molar refractivity (Wildman–Crippen MR) is 117 cm³/mol. The van der Waals surface area contributed by atoms with Crippen molar-refractivity contribution < 1.29 is 9.53 Å². The first-order valence-corrected chi connectivity index (χ1v) is 9.89. The Labute approximate surface area is 172 Å². The number of hydrogen-bond acceptors (Lipinski definition) is 4. The van der Waals surface area contributed by atoms with Crippen molar-refractivity contribution in [2.24, 2.45) is 0 Å². The average Bonchev–Trinajstić information content (AvgIpc) is 2.78. The highest BCUT2D eigenvalue weighted by atomic mass is 16.5. The lowest BCUT2D eigenvalue weighted by atomic mass is 10.1. The van der Waals surface area contributed by atoms with Gasteiger partial charge >= 0.3 is 0 Å². The van der Waals surface area contributed by atoms with E-state index in [1.54, 1.807) is 19.4 Å². The van der Waals surface area contributed by atoms with E-state index < -0.39 is 0 Å². The van der Waals surface area contributed by atoms with Crippen molar-refractivity contribution in [2.75, 3.05) is 25.5 Å². The smallest absolute Gasteiger partial charge is 0.269 e. The molecule has 1 amide bonds. The van der Waals surface area contributed by atoms with Gasteiger partial charge in [-0.2, -0.15) is 0 Å². The van der Waals surface area contributed by atoms with Crippen LogP contribution in [0, 0.1) is 0 Å². The van der Waals surface area contributed by atoms with Gasteiger partial charge in [0, 0.05) is 13.1 Å². The fourth-order valence-electron chi connectivity index (χ4n) is 3.01. The fraction of sp³-hybridized carbons (Fsp3) is 0.250. The second-order valence-electron chi connectivity index (χ2n) is 6.80. The third kappa shape index (κ3) is 6.64. The molecule has 3 aromatic rings. The van der Waals surface area contributed by atoms with Crippen LogP contribution in [0.3, 0.4) is 0 Å². The predicted octanol–water partition coefficient (Wildman–Crippen LogP) is 4.11. The first-order chi connectivity index (χ1) is 14.2. The lowest BCUT2D eigenvalue weighted by Gasteiger charge is -2.08. The summed E-state index contributed by atoms with van der Waals surface area (Å²) in [7, 11) is 1.66. The van der Waals surface area contributed by atoms with Gasteiger partial charge in [0.15, 0.2) is 0 Å². The number of hydrogen-bond donors (Lipinski definition) is 2. The number of rotatable bonds is 10. The Morgan fingerprint density at radius 1 is 0.897 bits per heavy atom. The quantitative estimate of drug-likeness (QED) is 0.512. The standard InChI is InChI=1S/C24H27N3O2/c1-29-22-12-9-20(10-13-22)15-17-25-21-11-14-23(27-18-21)24(28)26-16-5-8-19-6-3-2-4-7-19/h2-4,6-7,9-14,18,25H,5,8,15-17H2,1H3,(H,26,28). The summed E-state index contributed by atoms with van der Waals surface area (Å²) >= 11 is 0. The molecule has 1 aromatic heterocycles. The lowest BCUT2D eigenvalue weighted by molar-refractivity contribution is 0.0948. The molecule has 0 spiro atoms. The molecule has 0 saturated heterocycles. The van der Waals surface area contributed by atoms with Crippen LogP contribution in [0.4, 0.5) is 5.69 Å². The Hall–Kier alpha value is -3.34. The van der Waals surface area contributed by atoms with Crippen LogP contribution in [-0.4, -0.2) is 31.1 Å². The largest absolute Gasteiger partial charge is 0.497 e. The van der Waals surface area contributed by atoms with Crippen LogP contribution >= 0.6 is 0 Å². The van der Waals surface area contributed by atoms with Crippen molar-refractivity contribution in [3.05, 3.63) is 89.7 Å². The molecule has 0 bridgehead atoms. The third-order valence-corrected chi connectivity index (χ3v) is 4.67. The Kier molecular flexibility index (Phi) is 7.63. The number of nitrogens with zero attached hydrogens (tertiary/aromatic N) is 1. The number of carbonyl (C=O) groups is 1. The average molecular weight is 389 g/mol. The molecule has 3 rings (SSSR count). The summed E-state index contributed by atoms with van der Waals surface area (Å²) in [5, 5.41) is 6.26. The van der Waals surface area contributed by atoms with Gasteiger partial charge in [-0.1, -0.05) is 42.5 Å². The van der Waals surface area contributed by atoms with Crippen molar-refractivity contribution in [1.29, 1.82) is 0 Å². The van der Waals surface area contributed by atoms with Crippen molar-refractivity contribution in [1.82, 2.24) is 10.3 Å². The molecular formula is C24H27N3O2. The third-order valence-electron chi connectivity index (χ3n) is 4.67. The zero-order chi connectivity index (χ0) is 20.3. The number of nitrogens with one attached hydrogen (secondary N) is 2.